The zero-order valence-electron chi connectivity index (χ0n) is 22.2. The smallest absolute Gasteiger partial charge is 0.344 e. The summed E-state index contributed by atoms with van der Waals surface area (Å²) in [4.78, 5) is 28.8. The molecule has 0 spiro atoms. The molecule has 2 aromatic carbocycles. The lowest BCUT2D eigenvalue weighted by Gasteiger charge is -2.18. The van der Waals surface area contributed by atoms with Gasteiger partial charge in [0, 0.05) is 33.3 Å². The number of pyridine rings is 1. The van der Waals surface area contributed by atoms with Gasteiger partial charge in [-0.15, -0.1) is 0 Å². The molecule has 0 aliphatic rings. The summed E-state index contributed by atoms with van der Waals surface area (Å²) in [5.41, 5.74) is 8.81. The van der Waals surface area contributed by atoms with Gasteiger partial charge in [-0.2, -0.15) is 4.98 Å². The van der Waals surface area contributed by atoms with Gasteiger partial charge in [-0.1, -0.05) is 32.0 Å². The number of benzene rings is 2. The number of halogens is 2. The number of amides is 2. The molecule has 0 saturated carbocycles. The zero-order chi connectivity index (χ0) is 28.7. The van der Waals surface area contributed by atoms with Crippen molar-refractivity contribution in [2.24, 2.45) is 11.7 Å². The fraction of sp³-hybridized carbons (Fsp3) is 0.321. The van der Waals surface area contributed by atoms with Crippen LogP contribution < -0.4 is 20.5 Å². The van der Waals surface area contributed by atoms with Crippen molar-refractivity contribution in [1.29, 1.82) is 0 Å². The molecule has 1 heterocycles. The highest BCUT2D eigenvalue weighted by Gasteiger charge is 2.25. The van der Waals surface area contributed by atoms with Gasteiger partial charge in [0.1, 0.15) is 5.75 Å². The van der Waals surface area contributed by atoms with E-state index < -0.39 is 35.5 Å². The molecule has 39 heavy (non-hydrogen) atoms. The minimum Gasteiger partial charge on any atom is -0.479 e. The van der Waals surface area contributed by atoms with Gasteiger partial charge in [0.15, 0.2) is 17.7 Å². The summed E-state index contributed by atoms with van der Waals surface area (Å²) in [6.07, 6.45) is -1.29. The Kier molecular flexibility index (Phi) is 9.78. The molecule has 208 valence electrons. The maximum atomic E-state index is 14.7. The number of nitrogens with zero attached hydrogens (tertiary/aromatic N) is 2. The topological polar surface area (TPSA) is 127 Å². The lowest BCUT2D eigenvalue weighted by molar-refractivity contribution is -0.146. The van der Waals surface area contributed by atoms with E-state index >= 15 is 0 Å². The fourth-order valence-corrected chi connectivity index (χ4v) is 3.66. The van der Waals surface area contributed by atoms with E-state index in [1.807, 2.05) is 30.3 Å². The van der Waals surface area contributed by atoms with Crippen LogP contribution in [0.4, 0.5) is 13.6 Å². The van der Waals surface area contributed by atoms with Crippen molar-refractivity contribution in [2.75, 3.05) is 14.1 Å². The van der Waals surface area contributed by atoms with E-state index in [1.165, 1.54) is 4.90 Å². The van der Waals surface area contributed by atoms with Crippen LogP contribution in [-0.2, 0) is 17.9 Å². The third-order valence-corrected chi connectivity index (χ3v) is 5.61. The Bertz CT molecular complexity index is 1330. The molecule has 0 fully saturated rings. The van der Waals surface area contributed by atoms with Crippen LogP contribution in [0.1, 0.15) is 31.4 Å². The van der Waals surface area contributed by atoms with E-state index in [-0.39, 0.29) is 30.7 Å². The normalized spacial score (nSPS) is 11.7. The molecule has 11 heteroatoms. The fourth-order valence-electron chi connectivity index (χ4n) is 3.66. The van der Waals surface area contributed by atoms with Gasteiger partial charge in [0.2, 0.25) is 0 Å². The lowest BCUT2D eigenvalue weighted by Crippen LogP contribution is -2.33. The average Bonchev–Trinajstić information content (AvgIpc) is 2.89. The second-order valence-electron chi connectivity index (χ2n) is 9.56. The van der Waals surface area contributed by atoms with Crippen LogP contribution in [0, 0.1) is 17.6 Å². The number of ether oxygens (including phenoxy) is 2. The Labute approximate surface area is 225 Å². The molecule has 0 saturated heterocycles. The molecule has 0 aliphatic heterocycles. The van der Waals surface area contributed by atoms with Crippen LogP contribution in [0.5, 0.6) is 17.5 Å². The lowest BCUT2D eigenvalue weighted by atomic mass is 10.0. The second-order valence-corrected chi connectivity index (χ2v) is 9.56. The summed E-state index contributed by atoms with van der Waals surface area (Å²) < 4.78 is 40.2. The molecule has 3 rings (SSSR count). The van der Waals surface area contributed by atoms with Gasteiger partial charge in [0.25, 0.3) is 11.8 Å². The highest BCUT2D eigenvalue weighted by molar-refractivity contribution is 5.74. The van der Waals surface area contributed by atoms with Gasteiger partial charge in [-0.3, -0.25) is 0 Å². The summed E-state index contributed by atoms with van der Waals surface area (Å²) >= 11 is 0. The third-order valence-electron chi connectivity index (χ3n) is 5.61. The highest BCUT2D eigenvalue weighted by atomic mass is 19.1. The molecular weight excluding hydrogens is 510 g/mol. The predicted molar refractivity (Wildman–Crippen MR) is 141 cm³/mol. The van der Waals surface area contributed by atoms with Crippen LogP contribution in [0.2, 0.25) is 0 Å². The van der Waals surface area contributed by atoms with Gasteiger partial charge in [-0.25, -0.2) is 18.4 Å². The van der Waals surface area contributed by atoms with Crippen LogP contribution in [-0.4, -0.2) is 47.2 Å². The van der Waals surface area contributed by atoms with E-state index in [1.54, 1.807) is 40.1 Å². The molecule has 0 aliphatic carbocycles. The maximum absolute atomic E-state index is 14.7. The van der Waals surface area contributed by atoms with Crippen LogP contribution >= 0.6 is 0 Å². The van der Waals surface area contributed by atoms with Crippen LogP contribution in [0.15, 0.2) is 48.5 Å². The molecule has 9 nitrogen and oxygen atoms in total. The number of hydrogen-bond donors (Lipinski definition) is 3. The number of nitrogens with two attached hydrogens (primary N) is 1. The zero-order valence-corrected chi connectivity index (χ0v) is 22.2. The van der Waals surface area contributed by atoms with Crippen molar-refractivity contribution in [3.05, 3.63) is 71.3 Å². The van der Waals surface area contributed by atoms with E-state index in [0.29, 0.717) is 23.7 Å². The summed E-state index contributed by atoms with van der Waals surface area (Å²) in [5.74, 6) is -4.75. The van der Waals surface area contributed by atoms with Gasteiger partial charge in [0.05, 0.1) is 0 Å². The van der Waals surface area contributed by atoms with Gasteiger partial charge < -0.3 is 30.5 Å². The van der Waals surface area contributed by atoms with E-state index in [0.717, 1.165) is 11.1 Å². The number of aliphatic carboxylic acids is 1. The maximum Gasteiger partial charge on any atom is 0.344 e. The summed E-state index contributed by atoms with van der Waals surface area (Å²) in [5, 5.41) is 12.2. The van der Waals surface area contributed by atoms with Crippen molar-refractivity contribution in [2.45, 2.75) is 39.5 Å². The third kappa shape index (κ3) is 8.11. The standard InChI is InChI=1S/C28H32F2N4O5/c1-16(2)8-24(27(35)36)39-26-23(30)13-22(29)25(33-26)38-21-11-18(15-32-28(37)34(3)4)10-20(12-21)19-7-5-6-17(9-19)14-31/h5-7,9-13,16,24H,8,14-15,31H2,1-4H3,(H,32,37)(H,35,36). The summed E-state index contributed by atoms with van der Waals surface area (Å²) in [7, 11) is 3.22. The minimum absolute atomic E-state index is 0.0581. The van der Waals surface area contributed by atoms with Gasteiger partial charge >= 0.3 is 12.0 Å². The molecule has 1 unspecified atom stereocenters. The van der Waals surface area contributed by atoms with E-state index in [9.17, 15) is 23.5 Å². The summed E-state index contributed by atoms with van der Waals surface area (Å²) in [6.45, 7) is 4.05. The summed E-state index contributed by atoms with van der Waals surface area (Å²) in [6, 6.07) is 12.8. The number of carboxylic acid groups (broad SMARTS) is 1. The van der Waals surface area contributed by atoms with E-state index in [4.69, 9.17) is 15.2 Å². The Hall–Kier alpha value is -4.25. The van der Waals surface area contributed by atoms with Gasteiger partial charge in [-0.05, 0) is 58.9 Å². The largest absolute Gasteiger partial charge is 0.479 e. The molecule has 0 bridgehead atoms. The van der Waals surface area contributed by atoms with Crippen LogP contribution in [0.3, 0.4) is 0 Å². The number of carbonyl (C=O) groups excluding carboxylic acids is 1. The Morgan fingerprint density at radius 2 is 1.72 bits per heavy atom. The Balaban J connectivity index is 1.99. The molecule has 1 aromatic heterocycles. The SMILES string of the molecule is CC(C)CC(Oc1nc(Oc2cc(CNC(=O)N(C)C)cc(-c3cccc(CN)c3)c2)c(F)cc1F)C(=O)O. The van der Waals surface area contributed by atoms with Crippen molar-refractivity contribution < 1.29 is 33.0 Å². The first kappa shape index (κ1) is 29.3. The first-order valence-corrected chi connectivity index (χ1v) is 12.3. The van der Waals surface area contributed by atoms with Crippen molar-refractivity contribution in [1.82, 2.24) is 15.2 Å². The molecule has 2 amide bonds. The highest BCUT2D eigenvalue weighted by Crippen LogP contribution is 2.32. The number of carboxylic acids is 1. The first-order chi connectivity index (χ1) is 18.5. The number of hydrogen-bond acceptors (Lipinski definition) is 6. The van der Waals surface area contributed by atoms with Crippen molar-refractivity contribution >= 4 is 12.0 Å². The van der Waals surface area contributed by atoms with Crippen molar-refractivity contribution in [3.8, 4) is 28.6 Å². The van der Waals surface area contributed by atoms with Crippen LogP contribution in [0.25, 0.3) is 11.1 Å². The second kappa shape index (κ2) is 13.0. The quantitative estimate of drug-likeness (QED) is 0.314. The number of carbonyl (C=O) groups is 2. The average molecular weight is 543 g/mol. The molecule has 4 N–H and O–H groups in total. The molecular formula is C28H32F2N4O5. The number of urea groups is 1. The van der Waals surface area contributed by atoms with Crippen molar-refractivity contribution in [3.63, 3.8) is 0 Å². The number of aromatic nitrogens is 1. The first-order valence-electron chi connectivity index (χ1n) is 12.3. The van der Waals surface area contributed by atoms with E-state index in [2.05, 4.69) is 10.3 Å². The molecule has 1 atom stereocenters. The monoisotopic (exact) mass is 542 g/mol. The number of rotatable bonds is 11. The predicted octanol–water partition coefficient (Wildman–Crippen LogP) is 4.93. The molecule has 3 aromatic rings. The Morgan fingerprint density at radius 1 is 1.03 bits per heavy atom. The minimum atomic E-state index is -1.38. The molecule has 0 radical (unpaired) electrons. The number of nitrogens with one attached hydrogen (secondary N) is 1. The Morgan fingerprint density at radius 3 is 2.36 bits per heavy atom.